The van der Waals surface area contributed by atoms with Gasteiger partial charge in [0.25, 0.3) is 5.91 Å². The molecule has 0 aromatic heterocycles. The first kappa shape index (κ1) is 19.2. The van der Waals surface area contributed by atoms with E-state index in [1.165, 1.54) is 0 Å². The minimum atomic E-state index is -0.570. The van der Waals surface area contributed by atoms with E-state index in [0.717, 1.165) is 0 Å². The summed E-state index contributed by atoms with van der Waals surface area (Å²) in [6, 6.07) is 15.6. The van der Waals surface area contributed by atoms with Crippen molar-refractivity contribution in [1.29, 1.82) is 0 Å². The number of nitrogens with one attached hydrogen (secondary N) is 2. The summed E-state index contributed by atoms with van der Waals surface area (Å²) in [5.74, 6) is 0.454. The van der Waals surface area contributed by atoms with Crippen LogP contribution in [0.4, 0.5) is 10.5 Å². The first-order chi connectivity index (χ1) is 14.1. The summed E-state index contributed by atoms with van der Waals surface area (Å²) >= 11 is 0. The molecular weight excluding hydrogens is 376 g/mol. The third kappa shape index (κ3) is 4.33. The van der Waals surface area contributed by atoms with Crippen molar-refractivity contribution in [3.05, 3.63) is 60.2 Å². The van der Waals surface area contributed by atoms with Crippen LogP contribution in [0, 0.1) is 0 Å². The van der Waals surface area contributed by atoms with Gasteiger partial charge in [-0.2, -0.15) is 0 Å². The lowest BCUT2D eigenvalue weighted by molar-refractivity contribution is 0.00862. The topological polar surface area (TPSA) is 95.1 Å². The Bertz CT molecular complexity index is 857. The Morgan fingerprint density at radius 1 is 0.966 bits per heavy atom. The third-order valence-corrected chi connectivity index (χ3v) is 4.96. The normalized spacial score (nSPS) is 25.1. The molecular formula is C21H22N2O6. The number of para-hydroxylation sites is 1. The van der Waals surface area contributed by atoms with Crippen LogP contribution >= 0.6 is 0 Å². The lowest BCUT2D eigenvalue weighted by Crippen LogP contribution is -2.44. The van der Waals surface area contributed by atoms with Crippen LogP contribution in [0.5, 0.6) is 5.75 Å². The summed E-state index contributed by atoms with van der Waals surface area (Å²) in [6.07, 6.45) is -1.89. The van der Waals surface area contributed by atoms with Crippen LogP contribution in [0.25, 0.3) is 0 Å². The standard InChI is InChI=1S/C21H22N2O6/c1-26-15-9-7-13(8-10-15)20(24)23-16-11-27-19-17(12-28-18(16)19)29-21(25)22-14-5-3-2-4-6-14/h2-10,16-19H,11-12H2,1H3,(H,22,25)(H,23,24). The van der Waals surface area contributed by atoms with Gasteiger partial charge in [0.1, 0.15) is 18.0 Å². The van der Waals surface area contributed by atoms with Gasteiger partial charge in [-0.1, -0.05) is 18.2 Å². The molecule has 2 aliphatic rings. The third-order valence-electron chi connectivity index (χ3n) is 4.96. The van der Waals surface area contributed by atoms with E-state index in [0.29, 0.717) is 17.0 Å². The van der Waals surface area contributed by atoms with Crippen molar-refractivity contribution in [2.75, 3.05) is 25.6 Å². The Kier molecular flexibility index (Phi) is 5.64. The van der Waals surface area contributed by atoms with Crippen molar-refractivity contribution in [2.45, 2.75) is 24.4 Å². The van der Waals surface area contributed by atoms with Crippen molar-refractivity contribution in [1.82, 2.24) is 5.32 Å². The van der Waals surface area contributed by atoms with E-state index < -0.39 is 18.3 Å². The maximum Gasteiger partial charge on any atom is 0.412 e. The predicted molar refractivity (Wildman–Crippen MR) is 104 cm³/mol. The number of amides is 2. The lowest BCUT2D eigenvalue weighted by Gasteiger charge is -2.18. The molecule has 2 amide bonds. The quantitative estimate of drug-likeness (QED) is 0.802. The van der Waals surface area contributed by atoms with Crippen molar-refractivity contribution in [2.24, 2.45) is 0 Å². The van der Waals surface area contributed by atoms with Crippen LogP contribution in [0.1, 0.15) is 10.4 Å². The zero-order valence-electron chi connectivity index (χ0n) is 15.9. The zero-order chi connectivity index (χ0) is 20.2. The number of ether oxygens (including phenoxy) is 4. The highest BCUT2D eigenvalue weighted by Gasteiger charge is 2.50. The fourth-order valence-electron chi connectivity index (χ4n) is 3.49. The van der Waals surface area contributed by atoms with Gasteiger partial charge in [0.15, 0.2) is 6.10 Å². The summed E-state index contributed by atoms with van der Waals surface area (Å²) in [5, 5.41) is 5.60. The molecule has 4 rings (SSSR count). The second-order valence-corrected chi connectivity index (χ2v) is 6.84. The molecule has 8 heteroatoms. The monoisotopic (exact) mass is 398 g/mol. The van der Waals surface area contributed by atoms with Crippen LogP contribution in [0.2, 0.25) is 0 Å². The molecule has 2 heterocycles. The fourth-order valence-corrected chi connectivity index (χ4v) is 3.49. The second kappa shape index (κ2) is 8.50. The van der Waals surface area contributed by atoms with Crippen LogP contribution in [0.3, 0.4) is 0 Å². The van der Waals surface area contributed by atoms with Crippen molar-refractivity contribution >= 4 is 17.7 Å². The smallest absolute Gasteiger partial charge is 0.412 e. The Morgan fingerprint density at radius 3 is 2.41 bits per heavy atom. The largest absolute Gasteiger partial charge is 0.497 e. The second-order valence-electron chi connectivity index (χ2n) is 6.84. The van der Waals surface area contributed by atoms with E-state index in [4.69, 9.17) is 18.9 Å². The van der Waals surface area contributed by atoms with Crippen LogP contribution in [-0.2, 0) is 14.2 Å². The van der Waals surface area contributed by atoms with Crippen LogP contribution in [-0.4, -0.2) is 56.7 Å². The Morgan fingerprint density at radius 2 is 1.69 bits per heavy atom. The highest BCUT2D eigenvalue weighted by Crippen LogP contribution is 2.29. The molecule has 0 radical (unpaired) electrons. The molecule has 0 saturated carbocycles. The molecule has 4 atom stereocenters. The molecule has 2 N–H and O–H groups in total. The van der Waals surface area contributed by atoms with Crippen molar-refractivity contribution < 1.29 is 28.5 Å². The average Bonchev–Trinajstić information content (AvgIpc) is 3.32. The van der Waals surface area contributed by atoms with Gasteiger partial charge in [-0.05, 0) is 36.4 Å². The fraction of sp³-hybridized carbons (Fsp3) is 0.333. The highest BCUT2D eigenvalue weighted by atomic mass is 16.6. The molecule has 0 aliphatic carbocycles. The number of hydrogen-bond acceptors (Lipinski definition) is 6. The van der Waals surface area contributed by atoms with Crippen molar-refractivity contribution in [3.8, 4) is 5.75 Å². The molecule has 2 fully saturated rings. The highest BCUT2D eigenvalue weighted by molar-refractivity contribution is 5.94. The van der Waals surface area contributed by atoms with Crippen LogP contribution < -0.4 is 15.4 Å². The summed E-state index contributed by atoms with van der Waals surface area (Å²) in [5.41, 5.74) is 1.16. The molecule has 152 valence electrons. The summed E-state index contributed by atoms with van der Waals surface area (Å²) in [6.45, 7) is 0.504. The summed E-state index contributed by atoms with van der Waals surface area (Å²) in [7, 11) is 1.57. The van der Waals surface area contributed by atoms with E-state index in [1.807, 2.05) is 18.2 Å². The Labute approximate surface area is 168 Å². The number of hydrogen-bond donors (Lipinski definition) is 2. The van der Waals surface area contributed by atoms with E-state index >= 15 is 0 Å². The van der Waals surface area contributed by atoms with Gasteiger partial charge in [-0.25, -0.2) is 4.79 Å². The SMILES string of the molecule is COc1ccc(C(=O)NC2COC3C(OC(=O)Nc4ccccc4)COC23)cc1. The molecule has 4 unspecified atom stereocenters. The molecule has 2 aromatic carbocycles. The summed E-state index contributed by atoms with van der Waals surface area (Å²) in [4.78, 5) is 24.6. The van der Waals surface area contributed by atoms with Gasteiger partial charge < -0.3 is 24.3 Å². The first-order valence-corrected chi connectivity index (χ1v) is 9.35. The maximum atomic E-state index is 12.5. The van der Waals surface area contributed by atoms with Gasteiger partial charge in [0.2, 0.25) is 0 Å². The number of fused-ring (bicyclic) bond motifs is 1. The van der Waals surface area contributed by atoms with Gasteiger partial charge in [-0.15, -0.1) is 0 Å². The molecule has 0 bridgehead atoms. The minimum Gasteiger partial charge on any atom is -0.497 e. The summed E-state index contributed by atoms with van der Waals surface area (Å²) < 4.78 is 22.1. The zero-order valence-corrected chi connectivity index (χ0v) is 15.9. The number of methoxy groups -OCH3 is 1. The number of carbonyl (C=O) groups is 2. The Hall–Kier alpha value is -3.10. The minimum absolute atomic E-state index is 0.215. The van der Waals surface area contributed by atoms with Crippen LogP contribution in [0.15, 0.2) is 54.6 Å². The molecule has 2 aliphatic heterocycles. The first-order valence-electron chi connectivity index (χ1n) is 9.35. The average molecular weight is 398 g/mol. The van der Waals surface area contributed by atoms with E-state index in [1.54, 1.807) is 43.5 Å². The molecule has 2 saturated heterocycles. The molecule has 0 spiro atoms. The van der Waals surface area contributed by atoms with E-state index in [2.05, 4.69) is 10.6 Å². The Balaban J connectivity index is 1.31. The molecule has 2 aromatic rings. The number of rotatable bonds is 5. The van der Waals surface area contributed by atoms with E-state index in [-0.39, 0.29) is 31.3 Å². The number of benzene rings is 2. The number of carbonyl (C=O) groups excluding carboxylic acids is 2. The van der Waals surface area contributed by atoms with E-state index in [9.17, 15) is 9.59 Å². The predicted octanol–water partition coefficient (Wildman–Crippen LogP) is 2.21. The van der Waals surface area contributed by atoms with Gasteiger partial charge >= 0.3 is 6.09 Å². The maximum absolute atomic E-state index is 12.5. The van der Waals surface area contributed by atoms with Gasteiger partial charge in [0.05, 0.1) is 26.4 Å². The molecule has 8 nitrogen and oxygen atoms in total. The number of anilines is 1. The lowest BCUT2D eigenvalue weighted by atomic mass is 10.1. The van der Waals surface area contributed by atoms with Gasteiger partial charge in [0, 0.05) is 11.3 Å². The molecule has 29 heavy (non-hydrogen) atoms. The van der Waals surface area contributed by atoms with Gasteiger partial charge in [-0.3, -0.25) is 10.1 Å². The van der Waals surface area contributed by atoms with Crippen molar-refractivity contribution in [3.63, 3.8) is 0 Å².